The molecule has 0 aliphatic heterocycles. The predicted octanol–water partition coefficient (Wildman–Crippen LogP) is 3.81. The number of hydrogen-bond acceptors (Lipinski definition) is 6. The molecule has 0 atom stereocenters. The lowest BCUT2D eigenvalue weighted by Crippen LogP contribution is -2.13. The summed E-state index contributed by atoms with van der Waals surface area (Å²) in [6.45, 7) is 1.74. The number of rotatable bonds is 5. The van der Waals surface area contributed by atoms with E-state index in [-0.39, 0.29) is 17.5 Å². The first-order chi connectivity index (χ1) is 12.5. The maximum absolute atomic E-state index is 12.4. The van der Waals surface area contributed by atoms with Crippen molar-refractivity contribution in [3.63, 3.8) is 0 Å². The molecular formula is C17H14N4O4S. The maximum Gasteiger partial charge on any atom is 0.270 e. The highest BCUT2D eigenvalue weighted by atomic mass is 32.1. The Morgan fingerprint density at radius 3 is 2.73 bits per heavy atom. The van der Waals surface area contributed by atoms with Crippen LogP contribution in [0.2, 0.25) is 0 Å². The number of aromatic nitrogens is 1. The van der Waals surface area contributed by atoms with Crippen LogP contribution in [0, 0.1) is 10.1 Å². The average Bonchev–Trinajstić information content (AvgIpc) is 3.03. The Hall–Kier alpha value is -3.33. The van der Waals surface area contributed by atoms with Gasteiger partial charge >= 0.3 is 0 Å². The van der Waals surface area contributed by atoms with Gasteiger partial charge in [-0.05, 0) is 24.3 Å². The molecule has 132 valence electrons. The number of carbonyl (C=O) groups excluding carboxylic acids is 2. The van der Waals surface area contributed by atoms with Crippen molar-refractivity contribution in [3.05, 3.63) is 58.1 Å². The highest BCUT2D eigenvalue weighted by Gasteiger charge is 2.13. The van der Waals surface area contributed by atoms with Crippen molar-refractivity contribution in [3.8, 4) is 0 Å². The molecule has 9 heteroatoms. The Morgan fingerprint density at radius 2 is 2.00 bits per heavy atom. The van der Waals surface area contributed by atoms with E-state index in [2.05, 4.69) is 15.6 Å². The van der Waals surface area contributed by atoms with Gasteiger partial charge in [-0.1, -0.05) is 24.3 Å². The lowest BCUT2D eigenvalue weighted by Gasteiger charge is -2.06. The van der Waals surface area contributed by atoms with Gasteiger partial charge in [0, 0.05) is 29.8 Å². The number of non-ortho nitro benzene ring substituents is 1. The van der Waals surface area contributed by atoms with Crippen molar-refractivity contribution < 1.29 is 14.5 Å². The van der Waals surface area contributed by atoms with Crippen molar-refractivity contribution in [2.45, 2.75) is 13.3 Å². The summed E-state index contributed by atoms with van der Waals surface area (Å²) in [6, 6.07) is 10.9. The summed E-state index contributed by atoms with van der Waals surface area (Å²) in [5, 5.41) is 16.5. The molecule has 0 aliphatic carbocycles. The van der Waals surface area contributed by atoms with E-state index >= 15 is 0 Å². The lowest BCUT2D eigenvalue weighted by molar-refractivity contribution is -0.384. The zero-order valence-electron chi connectivity index (χ0n) is 13.7. The summed E-state index contributed by atoms with van der Waals surface area (Å²) in [5.41, 5.74) is 1.44. The molecule has 3 rings (SSSR count). The number of nitro benzene ring substituents is 1. The van der Waals surface area contributed by atoms with E-state index in [1.165, 1.54) is 12.1 Å². The Balaban J connectivity index is 1.79. The van der Waals surface area contributed by atoms with Crippen molar-refractivity contribution in [1.29, 1.82) is 0 Å². The van der Waals surface area contributed by atoms with Gasteiger partial charge in [0.1, 0.15) is 0 Å². The number of nitrogens with one attached hydrogen (secondary N) is 2. The number of carbonyl (C=O) groups is 2. The number of nitro groups is 1. The molecule has 26 heavy (non-hydrogen) atoms. The van der Waals surface area contributed by atoms with E-state index in [4.69, 9.17) is 0 Å². The molecular weight excluding hydrogens is 356 g/mol. The molecule has 0 saturated heterocycles. The molecule has 0 unspecified atom stereocenters. The molecule has 0 spiro atoms. The van der Waals surface area contributed by atoms with Crippen LogP contribution in [0.5, 0.6) is 0 Å². The Morgan fingerprint density at radius 1 is 1.19 bits per heavy atom. The largest absolute Gasteiger partial charge is 0.326 e. The summed E-state index contributed by atoms with van der Waals surface area (Å²) < 4.78 is 0.610. The molecule has 3 aromatic rings. The van der Waals surface area contributed by atoms with Crippen LogP contribution in [0.1, 0.15) is 23.7 Å². The quantitative estimate of drug-likeness (QED) is 0.524. The minimum absolute atomic E-state index is 0.0293. The number of thiazole rings is 1. The minimum atomic E-state index is -0.479. The Bertz CT molecular complexity index is 1010. The Kier molecular flexibility index (Phi) is 4.90. The zero-order valence-corrected chi connectivity index (χ0v) is 14.5. The number of fused-ring (bicyclic) bond motifs is 1. The van der Waals surface area contributed by atoms with Gasteiger partial charge in [0.15, 0.2) is 5.13 Å². The van der Waals surface area contributed by atoms with Crippen molar-refractivity contribution in [2.24, 2.45) is 0 Å². The van der Waals surface area contributed by atoms with Crippen molar-refractivity contribution in [1.82, 2.24) is 4.98 Å². The van der Waals surface area contributed by atoms with Gasteiger partial charge in [-0.25, -0.2) is 4.98 Å². The third-order valence-corrected chi connectivity index (χ3v) is 4.47. The summed E-state index contributed by atoms with van der Waals surface area (Å²) in [6.07, 6.45) is 0.342. The smallest absolute Gasteiger partial charge is 0.270 e. The van der Waals surface area contributed by atoms with Crippen molar-refractivity contribution >= 4 is 49.9 Å². The van der Waals surface area contributed by atoms with Gasteiger partial charge in [-0.15, -0.1) is 0 Å². The summed E-state index contributed by atoms with van der Waals surface area (Å²) in [7, 11) is 0. The van der Waals surface area contributed by atoms with Crippen LogP contribution >= 0.6 is 11.3 Å². The van der Waals surface area contributed by atoms with E-state index in [1.807, 2.05) is 0 Å². The third kappa shape index (κ3) is 3.83. The second-order valence-electron chi connectivity index (χ2n) is 5.36. The molecule has 1 aromatic heterocycles. The van der Waals surface area contributed by atoms with Crippen LogP contribution < -0.4 is 10.6 Å². The summed E-state index contributed by atoms with van der Waals surface area (Å²) >= 11 is 1.15. The van der Waals surface area contributed by atoms with Gasteiger partial charge in [-0.2, -0.15) is 0 Å². The fourth-order valence-electron chi connectivity index (χ4n) is 2.24. The number of benzene rings is 2. The van der Waals surface area contributed by atoms with E-state index in [0.717, 1.165) is 11.3 Å². The molecule has 8 nitrogen and oxygen atoms in total. The van der Waals surface area contributed by atoms with Gasteiger partial charge in [0.2, 0.25) is 5.91 Å². The fraction of sp³-hybridized carbons (Fsp3) is 0.118. The van der Waals surface area contributed by atoms with Crippen LogP contribution in [-0.2, 0) is 4.79 Å². The van der Waals surface area contributed by atoms with Gasteiger partial charge in [0.25, 0.3) is 11.6 Å². The number of amides is 2. The molecule has 0 saturated carbocycles. The second kappa shape index (κ2) is 7.28. The van der Waals surface area contributed by atoms with E-state index in [0.29, 0.717) is 33.0 Å². The second-order valence-corrected chi connectivity index (χ2v) is 6.40. The predicted molar refractivity (Wildman–Crippen MR) is 99.6 cm³/mol. The fourth-order valence-corrected chi connectivity index (χ4v) is 3.13. The molecule has 0 aliphatic rings. The van der Waals surface area contributed by atoms with E-state index in [9.17, 15) is 19.7 Å². The Labute approximate surface area is 152 Å². The van der Waals surface area contributed by atoms with Crippen LogP contribution in [0.4, 0.5) is 16.5 Å². The topological polar surface area (TPSA) is 114 Å². The van der Waals surface area contributed by atoms with Crippen LogP contribution in [0.3, 0.4) is 0 Å². The minimum Gasteiger partial charge on any atom is -0.326 e. The highest BCUT2D eigenvalue weighted by molar-refractivity contribution is 7.22. The first kappa shape index (κ1) is 17.5. The first-order valence-electron chi connectivity index (χ1n) is 7.72. The first-order valence-corrected chi connectivity index (χ1v) is 8.54. The van der Waals surface area contributed by atoms with E-state index < -0.39 is 4.92 Å². The van der Waals surface area contributed by atoms with E-state index in [1.54, 1.807) is 37.3 Å². The number of hydrogen-bond donors (Lipinski definition) is 2. The molecule has 2 N–H and O–H groups in total. The normalized spacial score (nSPS) is 10.5. The SMILES string of the molecule is CCC(=O)Nc1cccc(C(=O)Nc2nc3ccc([N+](=O)[O-])cc3s2)c1. The van der Waals surface area contributed by atoms with Crippen LogP contribution in [-0.4, -0.2) is 21.7 Å². The average molecular weight is 370 g/mol. The summed E-state index contributed by atoms with van der Waals surface area (Å²) in [5.74, 6) is -0.526. The lowest BCUT2D eigenvalue weighted by atomic mass is 10.2. The number of nitrogens with zero attached hydrogens (tertiary/aromatic N) is 2. The molecule has 0 radical (unpaired) electrons. The summed E-state index contributed by atoms with van der Waals surface area (Å²) in [4.78, 5) is 38.5. The molecule has 0 fully saturated rings. The zero-order chi connectivity index (χ0) is 18.7. The maximum atomic E-state index is 12.4. The van der Waals surface area contributed by atoms with Gasteiger partial charge in [-0.3, -0.25) is 25.0 Å². The van der Waals surface area contributed by atoms with Gasteiger partial charge < -0.3 is 5.32 Å². The standard InChI is InChI=1S/C17H14N4O4S/c1-2-15(22)18-11-5-3-4-10(8-11)16(23)20-17-19-13-7-6-12(21(24)25)9-14(13)26-17/h3-9H,2H2,1H3,(H,18,22)(H,19,20,23). The molecule has 2 amide bonds. The van der Waals surface area contributed by atoms with Crippen LogP contribution in [0.15, 0.2) is 42.5 Å². The monoisotopic (exact) mass is 370 g/mol. The highest BCUT2D eigenvalue weighted by Crippen LogP contribution is 2.29. The number of anilines is 2. The van der Waals surface area contributed by atoms with Crippen LogP contribution in [0.25, 0.3) is 10.2 Å². The molecule has 0 bridgehead atoms. The van der Waals surface area contributed by atoms with Crippen molar-refractivity contribution in [2.75, 3.05) is 10.6 Å². The van der Waals surface area contributed by atoms with Gasteiger partial charge in [0.05, 0.1) is 15.1 Å². The molecule has 2 aromatic carbocycles. The molecule has 1 heterocycles. The third-order valence-electron chi connectivity index (χ3n) is 3.53.